The number of carbonyl (C=O) groups excluding carboxylic acids is 3. The van der Waals surface area contributed by atoms with E-state index in [4.69, 9.17) is 35.4 Å². The van der Waals surface area contributed by atoms with Crippen molar-refractivity contribution < 1.29 is 14.4 Å². The standard InChI is InChI=1S/C24H20Cl2N4O3S/c25-17-9-10-20(19(26)14-17)27-21(31)12-13-23(33)29-30-24(34)28-22(32)11-8-16-6-3-5-15-4-1-2-7-18(15)16/h1-11,14H,12-13H2,(H,27,31)(H,29,33)(H2,28,30,32,34). The molecule has 174 valence electrons. The van der Waals surface area contributed by atoms with Gasteiger partial charge in [-0.15, -0.1) is 0 Å². The van der Waals surface area contributed by atoms with Gasteiger partial charge in [0.1, 0.15) is 0 Å². The van der Waals surface area contributed by atoms with E-state index in [1.54, 1.807) is 18.2 Å². The van der Waals surface area contributed by atoms with Gasteiger partial charge in [-0.25, -0.2) is 0 Å². The lowest BCUT2D eigenvalue weighted by atomic mass is 10.0. The van der Waals surface area contributed by atoms with Crippen LogP contribution in [0.25, 0.3) is 16.8 Å². The van der Waals surface area contributed by atoms with Gasteiger partial charge >= 0.3 is 0 Å². The fraction of sp³-hybridized carbons (Fsp3) is 0.0833. The molecule has 0 saturated carbocycles. The summed E-state index contributed by atoms with van der Waals surface area (Å²) in [6.45, 7) is 0. The van der Waals surface area contributed by atoms with Crippen molar-refractivity contribution in [1.29, 1.82) is 0 Å². The molecule has 0 fully saturated rings. The zero-order chi connectivity index (χ0) is 24.5. The minimum absolute atomic E-state index is 0.0840. The molecule has 0 unspecified atom stereocenters. The smallest absolute Gasteiger partial charge is 0.250 e. The third-order valence-corrected chi connectivity index (χ3v) is 5.33. The summed E-state index contributed by atoms with van der Waals surface area (Å²) in [7, 11) is 0. The highest BCUT2D eigenvalue weighted by Crippen LogP contribution is 2.25. The number of hydrogen-bond acceptors (Lipinski definition) is 4. The predicted molar refractivity (Wildman–Crippen MR) is 139 cm³/mol. The molecule has 0 atom stereocenters. The molecule has 0 bridgehead atoms. The molecule has 0 spiro atoms. The summed E-state index contributed by atoms with van der Waals surface area (Å²) >= 11 is 16.8. The van der Waals surface area contributed by atoms with Gasteiger partial charge in [-0.3, -0.25) is 30.6 Å². The molecule has 3 amide bonds. The second-order valence-electron chi connectivity index (χ2n) is 7.07. The van der Waals surface area contributed by atoms with Gasteiger partial charge in [0.25, 0.3) is 0 Å². The molecular weight excluding hydrogens is 495 g/mol. The van der Waals surface area contributed by atoms with Gasteiger partial charge in [-0.1, -0.05) is 65.7 Å². The lowest BCUT2D eigenvalue weighted by Gasteiger charge is -2.10. The first-order valence-corrected chi connectivity index (χ1v) is 11.3. The van der Waals surface area contributed by atoms with Crippen LogP contribution < -0.4 is 21.5 Å². The topological polar surface area (TPSA) is 99.3 Å². The molecule has 3 rings (SSSR count). The second kappa shape index (κ2) is 12.1. The van der Waals surface area contributed by atoms with Crippen molar-refractivity contribution in [2.24, 2.45) is 0 Å². The molecule has 0 radical (unpaired) electrons. The van der Waals surface area contributed by atoms with E-state index in [2.05, 4.69) is 21.5 Å². The molecule has 0 aliphatic carbocycles. The third-order valence-electron chi connectivity index (χ3n) is 4.57. The maximum Gasteiger partial charge on any atom is 0.250 e. The van der Waals surface area contributed by atoms with E-state index in [9.17, 15) is 14.4 Å². The van der Waals surface area contributed by atoms with Crippen molar-refractivity contribution in [1.82, 2.24) is 16.2 Å². The largest absolute Gasteiger partial charge is 0.325 e. The maximum absolute atomic E-state index is 12.1. The summed E-state index contributed by atoms with van der Waals surface area (Å²) in [6, 6.07) is 18.3. The number of fused-ring (bicyclic) bond motifs is 1. The highest BCUT2D eigenvalue weighted by Gasteiger charge is 2.10. The number of halogens is 2. The van der Waals surface area contributed by atoms with Crippen LogP contribution in [0, 0.1) is 0 Å². The molecular formula is C24H20Cl2N4O3S. The third kappa shape index (κ3) is 7.55. The minimum Gasteiger partial charge on any atom is -0.325 e. The second-order valence-corrected chi connectivity index (χ2v) is 8.32. The number of anilines is 1. The SMILES string of the molecule is O=C(C=Cc1cccc2ccccc12)NC(=S)NNC(=O)CCC(=O)Nc1ccc(Cl)cc1Cl. The normalized spacial score (nSPS) is 10.6. The van der Waals surface area contributed by atoms with E-state index in [-0.39, 0.29) is 18.0 Å². The average molecular weight is 515 g/mol. The average Bonchev–Trinajstić information content (AvgIpc) is 2.82. The van der Waals surface area contributed by atoms with Crippen LogP contribution in [-0.4, -0.2) is 22.8 Å². The Bertz CT molecular complexity index is 1270. The number of hydrogen-bond donors (Lipinski definition) is 4. The lowest BCUT2D eigenvalue weighted by molar-refractivity contribution is -0.124. The van der Waals surface area contributed by atoms with Gasteiger partial charge in [-0.05, 0) is 52.8 Å². The molecule has 7 nitrogen and oxygen atoms in total. The maximum atomic E-state index is 12.1. The van der Waals surface area contributed by atoms with Crippen LogP contribution in [0.15, 0.2) is 66.7 Å². The monoisotopic (exact) mass is 514 g/mol. The summed E-state index contributed by atoms with van der Waals surface area (Å²) in [6.07, 6.45) is 2.84. The van der Waals surface area contributed by atoms with Gasteiger partial charge in [0, 0.05) is 23.9 Å². The molecule has 0 aliphatic heterocycles. The lowest BCUT2D eigenvalue weighted by Crippen LogP contribution is -2.48. The Kier molecular flexibility index (Phi) is 8.98. The first kappa shape index (κ1) is 25.2. The van der Waals surface area contributed by atoms with E-state index < -0.39 is 17.7 Å². The molecule has 0 aromatic heterocycles. The van der Waals surface area contributed by atoms with Gasteiger partial charge in [0.2, 0.25) is 17.7 Å². The fourth-order valence-corrected chi connectivity index (χ4v) is 3.57. The summed E-state index contributed by atoms with van der Waals surface area (Å²) in [5.41, 5.74) is 6.05. The van der Waals surface area contributed by atoms with Crippen molar-refractivity contribution in [2.45, 2.75) is 12.8 Å². The van der Waals surface area contributed by atoms with E-state index in [1.807, 2.05) is 42.5 Å². The Morgan fingerprint density at radius 1 is 0.882 bits per heavy atom. The van der Waals surface area contributed by atoms with Gasteiger partial charge < -0.3 is 5.32 Å². The van der Waals surface area contributed by atoms with Crippen LogP contribution in [0.1, 0.15) is 18.4 Å². The quantitative estimate of drug-likeness (QED) is 0.219. The summed E-state index contributed by atoms with van der Waals surface area (Å²) < 4.78 is 0. The van der Waals surface area contributed by atoms with Crippen molar-refractivity contribution in [2.75, 3.05) is 5.32 Å². The first-order valence-electron chi connectivity index (χ1n) is 10.1. The van der Waals surface area contributed by atoms with Crippen molar-refractivity contribution in [3.8, 4) is 0 Å². The molecule has 3 aromatic rings. The molecule has 34 heavy (non-hydrogen) atoms. The number of carbonyl (C=O) groups is 3. The molecule has 0 saturated heterocycles. The van der Waals surface area contributed by atoms with Crippen molar-refractivity contribution in [3.05, 3.63) is 82.3 Å². The number of nitrogens with one attached hydrogen (secondary N) is 4. The van der Waals surface area contributed by atoms with Crippen LogP contribution in [-0.2, 0) is 14.4 Å². The molecule has 4 N–H and O–H groups in total. The van der Waals surface area contributed by atoms with Crippen LogP contribution in [0.4, 0.5) is 5.69 Å². The van der Waals surface area contributed by atoms with E-state index in [0.717, 1.165) is 16.3 Å². The minimum atomic E-state index is -0.486. The van der Waals surface area contributed by atoms with Crippen LogP contribution >= 0.6 is 35.4 Å². The Morgan fingerprint density at radius 3 is 2.41 bits per heavy atom. The highest BCUT2D eigenvalue weighted by atomic mass is 35.5. The van der Waals surface area contributed by atoms with Crippen LogP contribution in [0.3, 0.4) is 0 Å². The number of amides is 3. The van der Waals surface area contributed by atoms with Crippen LogP contribution in [0.5, 0.6) is 0 Å². The fourth-order valence-electron chi connectivity index (χ4n) is 2.97. The van der Waals surface area contributed by atoms with E-state index in [1.165, 1.54) is 12.1 Å². The van der Waals surface area contributed by atoms with Gasteiger partial charge in [0.05, 0.1) is 10.7 Å². The predicted octanol–water partition coefficient (Wildman–Crippen LogP) is 4.60. The molecule has 0 aliphatic rings. The summed E-state index contributed by atoms with van der Waals surface area (Å²) in [5.74, 6) is -1.34. The van der Waals surface area contributed by atoms with Crippen molar-refractivity contribution in [3.63, 3.8) is 0 Å². The zero-order valence-electron chi connectivity index (χ0n) is 17.7. The Labute approximate surface area is 211 Å². The number of rotatable bonds is 6. The Hall–Kier alpha value is -3.46. The van der Waals surface area contributed by atoms with Gasteiger partial charge in [-0.2, -0.15) is 0 Å². The highest BCUT2D eigenvalue weighted by molar-refractivity contribution is 7.80. The zero-order valence-corrected chi connectivity index (χ0v) is 20.1. The molecule has 10 heteroatoms. The molecule has 3 aromatic carbocycles. The van der Waals surface area contributed by atoms with Gasteiger partial charge in [0.15, 0.2) is 5.11 Å². The van der Waals surface area contributed by atoms with E-state index >= 15 is 0 Å². The Morgan fingerprint density at radius 2 is 1.62 bits per heavy atom. The summed E-state index contributed by atoms with van der Waals surface area (Å²) in [4.78, 5) is 36.1. The number of benzene rings is 3. The summed E-state index contributed by atoms with van der Waals surface area (Å²) in [5, 5.41) is 7.78. The number of hydrazine groups is 1. The Balaban J connectivity index is 1.40. The first-order chi connectivity index (χ1) is 16.3. The molecule has 0 heterocycles. The van der Waals surface area contributed by atoms with E-state index in [0.29, 0.717) is 15.7 Å². The van der Waals surface area contributed by atoms with Crippen molar-refractivity contribution >= 4 is 80.8 Å². The van der Waals surface area contributed by atoms with Crippen LogP contribution in [0.2, 0.25) is 10.0 Å². The number of thiocarbonyl (C=S) groups is 1.